The summed E-state index contributed by atoms with van der Waals surface area (Å²) in [6.45, 7) is 3.76. The Kier molecular flexibility index (Phi) is 6.07. The molecule has 0 aromatic heterocycles. The lowest BCUT2D eigenvalue weighted by molar-refractivity contribution is -0.122. The molecule has 0 radical (unpaired) electrons. The van der Waals surface area contributed by atoms with Gasteiger partial charge >= 0.3 is 5.97 Å². The van der Waals surface area contributed by atoms with Crippen LogP contribution in [0.4, 0.5) is 11.4 Å². The first-order chi connectivity index (χ1) is 13.9. The lowest BCUT2D eigenvalue weighted by atomic mass is 10.1. The van der Waals surface area contributed by atoms with Crippen LogP contribution in [0, 0.1) is 5.92 Å². The number of carbonyl (C=O) groups excluding carboxylic acids is 4. The monoisotopic (exact) mass is 394 g/mol. The van der Waals surface area contributed by atoms with Gasteiger partial charge in [0, 0.05) is 29.9 Å². The van der Waals surface area contributed by atoms with Crippen LogP contribution in [0.1, 0.15) is 41.0 Å². The summed E-state index contributed by atoms with van der Waals surface area (Å²) in [6.07, 6.45) is 0.108. The molecule has 150 valence electrons. The normalized spacial score (nSPS) is 15.9. The Morgan fingerprint density at radius 2 is 1.66 bits per heavy atom. The quantitative estimate of drug-likeness (QED) is 0.600. The molecule has 1 heterocycles. The highest BCUT2D eigenvalue weighted by Gasteiger charge is 2.35. The first-order valence-corrected chi connectivity index (χ1v) is 9.38. The molecule has 7 heteroatoms. The Balaban J connectivity index is 1.64. The highest BCUT2D eigenvalue weighted by atomic mass is 16.5. The van der Waals surface area contributed by atoms with Gasteiger partial charge in [-0.25, -0.2) is 4.79 Å². The van der Waals surface area contributed by atoms with Crippen molar-refractivity contribution in [3.63, 3.8) is 0 Å². The lowest BCUT2D eigenvalue weighted by Crippen LogP contribution is -2.28. The zero-order chi connectivity index (χ0) is 21.0. The van der Waals surface area contributed by atoms with Crippen molar-refractivity contribution in [3.8, 4) is 0 Å². The van der Waals surface area contributed by atoms with E-state index in [0.717, 1.165) is 0 Å². The number of nitrogens with one attached hydrogen (secondary N) is 1. The fourth-order valence-electron chi connectivity index (χ4n) is 3.16. The molecule has 1 aliphatic rings. The average molecular weight is 394 g/mol. The van der Waals surface area contributed by atoms with E-state index in [9.17, 15) is 19.2 Å². The van der Waals surface area contributed by atoms with Crippen molar-refractivity contribution < 1.29 is 23.9 Å². The smallest absolute Gasteiger partial charge is 0.338 e. The topological polar surface area (TPSA) is 92.8 Å². The molecule has 2 aromatic rings. The summed E-state index contributed by atoms with van der Waals surface area (Å²) in [5.41, 5.74) is 2.18. The molecular formula is C22H22N2O5. The van der Waals surface area contributed by atoms with Gasteiger partial charge in [-0.05, 0) is 62.4 Å². The van der Waals surface area contributed by atoms with E-state index in [2.05, 4.69) is 5.32 Å². The Labute approximate surface area is 168 Å². The molecule has 29 heavy (non-hydrogen) atoms. The highest BCUT2D eigenvalue weighted by Crippen LogP contribution is 2.26. The SMILES string of the molecule is CCOC(=O)c1ccc(N2CC(C(=O)Nc3ccc(C(C)=O)cc3)CC2=O)cc1. The summed E-state index contributed by atoms with van der Waals surface area (Å²) in [5.74, 6) is -1.35. The Bertz CT molecular complexity index is 935. The second-order valence-corrected chi connectivity index (χ2v) is 6.80. The number of hydrogen-bond donors (Lipinski definition) is 1. The lowest BCUT2D eigenvalue weighted by Gasteiger charge is -2.17. The van der Waals surface area contributed by atoms with Crippen molar-refractivity contribution in [1.29, 1.82) is 0 Å². The molecular weight excluding hydrogens is 372 g/mol. The zero-order valence-corrected chi connectivity index (χ0v) is 16.3. The molecule has 7 nitrogen and oxygen atoms in total. The Hall–Kier alpha value is -3.48. The van der Waals surface area contributed by atoms with Crippen molar-refractivity contribution >= 4 is 34.9 Å². The van der Waals surface area contributed by atoms with E-state index < -0.39 is 11.9 Å². The molecule has 2 aromatic carbocycles. The van der Waals surface area contributed by atoms with Crippen LogP contribution in [0.5, 0.6) is 0 Å². The van der Waals surface area contributed by atoms with Crippen molar-refractivity contribution in [2.45, 2.75) is 20.3 Å². The fraction of sp³-hybridized carbons (Fsp3) is 0.273. The van der Waals surface area contributed by atoms with Gasteiger partial charge in [0.15, 0.2) is 5.78 Å². The van der Waals surface area contributed by atoms with Crippen LogP contribution < -0.4 is 10.2 Å². The Morgan fingerprint density at radius 1 is 1.03 bits per heavy atom. The largest absolute Gasteiger partial charge is 0.462 e. The van der Waals surface area contributed by atoms with Gasteiger partial charge in [0.1, 0.15) is 0 Å². The van der Waals surface area contributed by atoms with E-state index >= 15 is 0 Å². The number of carbonyl (C=O) groups is 4. The number of anilines is 2. The number of amides is 2. The van der Waals surface area contributed by atoms with Crippen molar-refractivity contribution in [2.75, 3.05) is 23.4 Å². The van der Waals surface area contributed by atoms with E-state index in [0.29, 0.717) is 29.1 Å². The maximum absolute atomic E-state index is 12.6. The van der Waals surface area contributed by atoms with E-state index in [1.165, 1.54) is 11.8 Å². The van der Waals surface area contributed by atoms with E-state index in [1.807, 2.05) is 0 Å². The number of ether oxygens (including phenoxy) is 1. The van der Waals surface area contributed by atoms with Crippen LogP contribution in [0.2, 0.25) is 0 Å². The second kappa shape index (κ2) is 8.68. The van der Waals surface area contributed by atoms with Crippen LogP contribution >= 0.6 is 0 Å². The fourth-order valence-corrected chi connectivity index (χ4v) is 3.16. The van der Waals surface area contributed by atoms with Crippen LogP contribution in [-0.4, -0.2) is 36.7 Å². The number of Topliss-reactive ketones (excluding diaryl/α,β-unsaturated/α-hetero) is 1. The maximum atomic E-state index is 12.6. The molecule has 1 aliphatic heterocycles. The van der Waals surface area contributed by atoms with Gasteiger partial charge in [0.2, 0.25) is 11.8 Å². The van der Waals surface area contributed by atoms with Crippen molar-refractivity contribution in [3.05, 3.63) is 59.7 Å². The number of rotatable bonds is 6. The first-order valence-electron chi connectivity index (χ1n) is 9.38. The van der Waals surface area contributed by atoms with Crippen LogP contribution in [0.15, 0.2) is 48.5 Å². The summed E-state index contributed by atoms with van der Waals surface area (Å²) >= 11 is 0. The summed E-state index contributed by atoms with van der Waals surface area (Å²) in [6, 6.07) is 13.2. The summed E-state index contributed by atoms with van der Waals surface area (Å²) in [4.78, 5) is 49.6. The van der Waals surface area contributed by atoms with E-state index in [1.54, 1.807) is 55.5 Å². The molecule has 0 spiro atoms. The number of ketones is 1. The van der Waals surface area contributed by atoms with Gasteiger partial charge in [0.05, 0.1) is 18.1 Å². The van der Waals surface area contributed by atoms with Gasteiger partial charge in [-0.1, -0.05) is 0 Å². The summed E-state index contributed by atoms with van der Waals surface area (Å²) in [7, 11) is 0. The number of esters is 1. The molecule has 1 fully saturated rings. The zero-order valence-electron chi connectivity index (χ0n) is 16.3. The minimum atomic E-state index is -0.486. The minimum Gasteiger partial charge on any atom is -0.462 e. The third-order valence-electron chi connectivity index (χ3n) is 4.74. The van der Waals surface area contributed by atoms with Gasteiger partial charge in [-0.2, -0.15) is 0 Å². The van der Waals surface area contributed by atoms with Crippen LogP contribution in [0.25, 0.3) is 0 Å². The highest BCUT2D eigenvalue weighted by molar-refractivity contribution is 6.04. The molecule has 2 amide bonds. The van der Waals surface area contributed by atoms with Gasteiger partial charge in [-0.15, -0.1) is 0 Å². The predicted octanol–water partition coefficient (Wildman–Crippen LogP) is 3.06. The van der Waals surface area contributed by atoms with E-state index in [-0.39, 0.29) is 30.6 Å². The van der Waals surface area contributed by atoms with Gasteiger partial charge < -0.3 is 15.0 Å². The predicted molar refractivity (Wildman–Crippen MR) is 108 cm³/mol. The second-order valence-electron chi connectivity index (χ2n) is 6.80. The van der Waals surface area contributed by atoms with Crippen LogP contribution in [-0.2, 0) is 14.3 Å². The van der Waals surface area contributed by atoms with Gasteiger partial charge in [-0.3, -0.25) is 14.4 Å². The molecule has 3 rings (SSSR count). The van der Waals surface area contributed by atoms with Crippen LogP contribution in [0.3, 0.4) is 0 Å². The minimum absolute atomic E-state index is 0.0473. The van der Waals surface area contributed by atoms with Gasteiger partial charge in [0.25, 0.3) is 0 Å². The standard InChI is InChI=1S/C22H22N2O5/c1-3-29-22(28)16-6-10-19(11-7-16)24-13-17(12-20(24)26)21(27)23-18-8-4-15(5-9-18)14(2)25/h4-11,17H,3,12-13H2,1-2H3,(H,23,27). The molecule has 0 bridgehead atoms. The number of benzene rings is 2. The van der Waals surface area contributed by atoms with Crippen molar-refractivity contribution in [2.24, 2.45) is 5.92 Å². The summed E-state index contributed by atoms with van der Waals surface area (Å²) in [5, 5.41) is 2.79. The first kappa shape index (κ1) is 20.3. The maximum Gasteiger partial charge on any atom is 0.338 e. The van der Waals surface area contributed by atoms with E-state index in [4.69, 9.17) is 4.74 Å². The molecule has 0 aliphatic carbocycles. The molecule has 1 atom stereocenters. The van der Waals surface area contributed by atoms with Crippen molar-refractivity contribution in [1.82, 2.24) is 0 Å². The summed E-state index contributed by atoms with van der Waals surface area (Å²) < 4.78 is 4.95. The third kappa shape index (κ3) is 4.68. The molecule has 0 saturated carbocycles. The average Bonchev–Trinajstić information content (AvgIpc) is 3.10. The molecule has 1 saturated heterocycles. The molecule has 1 unspecified atom stereocenters. The number of hydrogen-bond acceptors (Lipinski definition) is 5. The Morgan fingerprint density at radius 3 is 2.24 bits per heavy atom. The number of nitrogens with zero attached hydrogens (tertiary/aromatic N) is 1. The third-order valence-corrected chi connectivity index (χ3v) is 4.74. The molecule has 1 N–H and O–H groups in total.